The van der Waals surface area contributed by atoms with E-state index < -0.39 is 18.4 Å². The van der Waals surface area contributed by atoms with E-state index in [2.05, 4.69) is 46.5 Å². The van der Waals surface area contributed by atoms with Crippen LogP contribution < -0.4 is 9.80 Å². The van der Waals surface area contributed by atoms with Gasteiger partial charge >= 0.3 is 12.1 Å². The zero-order valence-electron chi connectivity index (χ0n) is 21.1. The fourth-order valence-corrected chi connectivity index (χ4v) is 4.47. The predicted octanol–water partition coefficient (Wildman–Crippen LogP) is 3.77. The van der Waals surface area contributed by atoms with Crippen molar-refractivity contribution >= 4 is 40.1 Å². The van der Waals surface area contributed by atoms with Gasteiger partial charge in [0.05, 0.1) is 5.39 Å². The smallest absolute Gasteiger partial charge is 0.428 e. The summed E-state index contributed by atoms with van der Waals surface area (Å²) >= 11 is 6.21. The number of alkyl halides is 3. The van der Waals surface area contributed by atoms with Crippen molar-refractivity contribution in [2.75, 3.05) is 49.1 Å². The van der Waals surface area contributed by atoms with Crippen LogP contribution >= 0.6 is 11.6 Å². The molecule has 0 aliphatic carbocycles. The maximum Gasteiger partial charge on any atom is 0.491 e. The summed E-state index contributed by atoms with van der Waals surface area (Å²) in [6, 6.07) is 5.81. The summed E-state index contributed by atoms with van der Waals surface area (Å²) in [6.07, 6.45) is -5.11. The molecule has 1 atom stereocenters. The highest BCUT2D eigenvalue weighted by atomic mass is 35.5. The Kier molecular flexibility index (Phi) is 8.28. The van der Waals surface area contributed by atoms with Crippen LogP contribution in [0.4, 0.5) is 24.7 Å². The molecule has 1 aromatic carbocycles. The summed E-state index contributed by atoms with van der Waals surface area (Å²) in [4.78, 5) is 26.0. The van der Waals surface area contributed by atoms with E-state index in [0.717, 1.165) is 24.3 Å². The van der Waals surface area contributed by atoms with Crippen molar-refractivity contribution in [3.63, 3.8) is 0 Å². The molecule has 3 aromatic rings. The summed E-state index contributed by atoms with van der Waals surface area (Å²) in [5.74, 6) is 3.79. The van der Waals surface area contributed by atoms with Crippen LogP contribution in [0, 0.1) is 18.8 Å². The number of anilines is 2. The lowest BCUT2D eigenvalue weighted by atomic mass is 10.1. The van der Waals surface area contributed by atoms with Crippen molar-refractivity contribution in [1.29, 1.82) is 0 Å². The van der Waals surface area contributed by atoms with Gasteiger partial charge in [-0.15, -0.1) is 0 Å². The lowest BCUT2D eigenvalue weighted by Crippen LogP contribution is -2.47. The Morgan fingerprint density at radius 1 is 1.18 bits per heavy atom. The zero-order chi connectivity index (χ0) is 27.4. The number of nitrogens with one attached hydrogen (secondary N) is 1. The summed E-state index contributed by atoms with van der Waals surface area (Å²) in [7, 11) is 0. The first-order valence-corrected chi connectivity index (χ1v) is 12.5. The van der Waals surface area contributed by atoms with Crippen molar-refractivity contribution in [3.05, 3.63) is 40.8 Å². The third-order valence-electron chi connectivity index (χ3n) is 6.34. The number of piperazine rings is 1. The normalized spacial score (nSPS) is 14.9. The van der Waals surface area contributed by atoms with Crippen molar-refractivity contribution in [1.82, 2.24) is 25.1 Å². The Bertz CT molecular complexity index is 1360. The summed E-state index contributed by atoms with van der Waals surface area (Å²) < 4.78 is 43.2. The van der Waals surface area contributed by atoms with Gasteiger partial charge in [0, 0.05) is 36.9 Å². The molecule has 0 amide bonds. The molecule has 0 bridgehead atoms. The SMILES string of the molecule is CCN(CC)C(C#Cc1[nH]nc2ncnc(N3CCN(c4cc(Cl)ccc4C)CC3)c12)OC(=O)C(F)(F)F. The van der Waals surface area contributed by atoms with Crippen LogP contribution in [0.1, 0.15) is 25.1 Å². The minimum atomic E-state index is -5.12. The molecule has 1 unspecified atom stereocenters. The number of aromatic nitrogens is 4. The van der Waals surface area contributed by atoms with Gasteiger partial charge in [0.1, 0.15) is 17.8 Å². The molecule has 1 aliphatic rings. The molecule has 202 valence electrons. The molecule has 4 rings (SSSR count). The third-order valence-corrected chi connectivity index (χ3v) is 6.57. The molecule has 1 fully saturated rings. The van der Waals surface area contributed by atoms with Gasteiger partial charge in [0.25, 0.3) is 0 Å². The maximum absolute atomic E-state index is 12.8. The topological polar surface area (TPSA) is 90.5 Å². The number of fused-ring (bicyclic) bond motifs is 1. The van der Waals surface area contributed by atoms with Gasteiger partial charge in [-0.25, -0.2) is 14.8 Å². The van der Waals surface area contributed by atoms with Gasteiger partial charge in [-0.1, -0.05) is 31.5 Å². The van der Waals surface area contributed by atoms with Crippen molar-refractivity contribution in [2.24, 2.45) is 0 Å². The number of benzene rings is 1. The highest BCUT2D eigenvalue weighted by Crippen LogP contribution is 2.29. The molecule has 38 heavy (non-hydrogen) atoms. The Balaban J connectivity index is 1.60. The maximum atomic E-state index is 12.8. The number of esters is 1. The van der Waals surface area contributed by atoms with Crippen LogP contribution in [0.5, 0.6) is 0 Å². The quantitative estimate of drug-likeness (QED) is 0.282. The van der Waals surface area contributed by atoms with Crippen LogP contribution in [-0.2, 0) is 9.53 Å². The number of nitrogens with zero attached hydrogens (tertiary/aromatic N) is 6. The van der Waals surface area contributed by atoms with Gasteiger partial charge in [0.2, 0.25) is 6.23 Å². The largest absolute Gasteiger partial charge is 0.491 e. The number of halogens is 4. The van der Waals surface area contributed by atoms with E-state index in [-0.39, 0.29) is 0 Å². The van der Waals surface area contributed by atoms with Crippen molar-refractivity contribution in [3.8, 4) is 11.8 Å². The van der Waals surface area contributed by atoms with Crippen LogP contribution in [0.3, 0.4) is 0 Å². The van der Waals surface area contributed by atoms with Gasteiger partial charge in [-0.2, -0.15) is 18.3 Å². The molecule has 3 heterocycles. The lowest BCUT2D eigenvalue weighted by molar-refractivity contribution is -0.208. The number of H-pyrrole nitrogens is 1. The van der Waals surface area contributed by atoms with Crippen LogP contribution in [-0.4, -0.2) is 82.7 Å². The lowest BCUT2D eigenvalue weighted by Gasteiger charge is -2.37. The van der Waals surface area contributed by atoms with E-state index in [1.54, 1.807) is 13.8 Å². The Hall–Kier alpha value is -3.56. The van der Waals surface area contributed by atoms with Crippen molar-refractivity contribution in [2.45, 2.75) is 33.2 Å². The summed E-state index contributed by atoms with van der Waals surface area (Å²) in [6.45, 7) is 8.93. The van der Waals surface area contributed by atoms with E-state index in [1.165, 1.54) is 11.2 Å². The number of aromatic amines is 1. The van der Waals surface area contributed by atoms with Gasteiger partial charge in [-0.05, 0) is 49.6 Å². The summed E-state index contributed by atoms with van der Waals surface area (Å²) in [5, 5.41) is 8.21. The van der Waals surface area contributed by atoms with Gasteiger partial charge < -0.3 is 14.5 Å². The number of hydrogen-bond acceptors (Lipinski definition) is 8. The molecule has 0 saturated carbocycles. The second kappa shape index (κ2) is 11.4. The molecule has 0 spiro atoms. The minimum Gasteiger partial charge on any atom is -0.428 e. The van der Waals surface area contributed by atoms with E-state index in [4.69, 9.17) is 11.6 Å². The first-order valence-electron chi connectivity index (χ1n) is 12.1. The average molecular weight is 550 g/mol. The second-order valence-corrected chi connectivity index (χ2v) is 9.08. The highest BCUT2D eigenvalue weighted by Gasteiger charge is 2.42. The molecule has 0 radical (unpaired) electrons. The number of carbonyl (C=O) groups excluding carboxylic acids is 1. The first-order chi connectivity index (χ1) is 18.1. The van der Waals surface area contributed by atoms with Gasteiger partial charge in [-0.3, -0.25) is 10.00 Å². The Labute approximate surface area is 222 Å². The number of rotatable bonds is 6. The number of ether oxygens (including phenoxy) is 1. The van der Waals surface area contributed by atoms with Crippen LogP contribution in [0.15, 0.2) is 24.5 Å². The molecule has 2 aromatic heterocycles. The van der Waals surface area contributed by atoms with E-state index in [0.29, 0.717) is 53.7 Å². The van der Waals surface area contributed by atoms with Crippen LogP contribution in [0.2, 0.25) is 5.02 Å². The minimum absolute atomic E-state index is 0.323. The first kappa shape index (κ1) is 27.5. The number of carbonyl (C=O) groups is 1. The molecule has 13 heteroatoms. The van der Waals surface area contributed by atoms with Gasteiger partial charge in [0.15, 0.2) is 5.65 Å². The van der Waals surface area contributed by atoms with Crippen LogP contribution in [0.25, 0.3) is 11.0 Å². The fraction of sp³-hybridized carbons (Fsp3) is 0.440. The number of hydrogen-bond donors (Lipinski definition) is 1. The summed E-state index contributed by atoms with van der Waals surface area (Å²) in [5.41, 5.74) is 2.91. The molecule has 1 saturated heterocycles. The predicted molar refractivity (Wildman–Crippen MR) is 138 cm³/mol. The van der Waals surface area contributed by atoms with Crippen molar-refractivity contribution < 1.29 is 22.7 Å². The Morgan fingerprint density at radius 3 is 2.53 bits per heavy atom. The molecular formula is C25H27ClF3N7O2. The molecule has 9 nitrogen and oxygen atoms in total. The number of aryl methyl sites for hydroxylation is 1. The fourth-order valence-electron chi connectivity index (χ4n) is 4.31. The molecular weight excluding hydrogens is 523 g/mol. The standard InChI is InChI=1S/C25H27ClF3N7O2/c1-4-34(5-2)20(38-24(37)25(27,28)29)9-8-18-21-22(33-32-18)30-15-31-23(21)36-12-10-35(11-13-36)19-14-17(26)7-6-16(19)3/h6-7,14-15,20H,4-5,10-13H2,1-3H3,(H,30,31,32,33). The highest BCUT2D eigenvalue weighted by molar-refractivity contribution is 6.30. The molecule has 1 N–H and O–H groups in total. The monoisotopic (exact) mass is 549 g/mol. The second-order valence-electron chi connectivity index (χ2n) is 8.65. The third kappa shape index (κ3) is 5.95. The average Bonchev–Trinajstić information content (AvgIpc) is 3.32. The van der Waals surface area contributed by atoms with E-state index in [9.17, 15) is 18.0 Å². The zero-order valence-corrected chi connectivity index (χ0v) is 21.9. The Morgan fingerprint density at radius 2 is 1.87 bits per heavy atom. The van der Waals surface area contributed by atoms with E-state index >= 15 is 0 Å². The molecule has 1 aliphatic heterocycles. The van der Waals surface area contributed by atoms with E-state index in [1.807, 2.05) is 25.1 Å².